The summed E-state index contributed by atoms with van der Waals surface area (Å²) in [4.78, 5) is 0. The summed E-state index contributed by atoms with van der Waals surface area (Å²) in [5.41, 5.74) is 0. The van der Waals surface area contributed by atoms with Gasteiger partial charge in [-0.15, -0.1) is 0 Å². The maximum atomic E-state index is 2.50. The van der Waals surface area contributed by atoms with Crippen LogP contribution in [0.4, 0.5) is 0 Å². The van der Waals surface area contributed by atoms with E-state index in [1.54, 1.807) is 0 Å². The summed E-state index contributed by atoms with van der Waals surface area (Å²) in [5.74, 6) is 1.93. The fraction of sp³-hybridized carbons (Fsp3) is 1.00. The average Bonchev–Trinajstić information content (AvgIpc) is 2.79. The second-order valence-corrected chi connectivity index (χ2v) is 11.4. The van der Waals surface area contributed by atoms with Crippen molar-refractivity contribution in [1.82, 2.24) is 0 Å². The Labute approximate surface area is 206 Å². The second kappa shape index (κ2) is 27.2. The lowest BCUT2D eigenvalue weighted by atomic mass is 9.95. The highest BCUT2D eigenvalue weighted by atomic mass is 14.1. The highest BCUT2D eigenvalue weighted by Gasteiger charge is 2.03. The Morgan fingerprint density at radius 2 is 0.500 bits per heavy atom. The summed E-state index contributed by atoms with van der Waals surface area (Å²) in [7, 11) is 0. The summed E-state index contributed by atoms with van der Waals surface area (Å²) < 4.78 is 0. The second-order valence-electron chi connectivity index (χ2n) is 11.4. The van der Waals surface area contributed by atoms with Crippen LogP contribution < -0.4 is 0 Å². The van der Waals surface area contributed by atoms with Gasteiger partial charge in [0.25, 0.3) is 0 Å². The summed E-state index contributed by atoms with van der Waals surface area (Å²) >= 11 is 0. The Bertz CT molecular complexity index is 320. The van der Waals surface area contributed by atoms with Gasteiger partial charge in [0.2, 0.25) is 0 Å². The van der Waals surface area contributed by atoms with E-state index in [9.17, 15) is 0 Å². The predicted molar refractivity (Wildman–Crippen MR) is 150 cm³/mol. The van der Waals surface area contributed by atoms with Gasteiger partial charge >= 0.3 is 0 Å². The molecule has 0 aliphatic carbocycles. The van der Waals surface area contributed by atoms with Crippen LogP contribution in [0.3, 0.4) is 0 Å². The van der Waals surface area contributed by atoms with E-state index in [-0.39, 0.29) is 0 Å². The molecule has 0 heteroatoms. The molecule has 0 rings (SSSR count). The topological polar surface area (TPSA) is 0 Å². The molecule has 0 saturated heterocycles. The van der Waals surface area contributed by atoms with Gasteiger partial charge in [-0.1, -0.05) is 195 Å². The first-order valence-electron chi connectivity index (χ1n) is 15.7. The van der Waals surface area contributed by atoms with Gasteiger partial charge in [0.1, 0.15) is 0 Å². The van der Waals surface area contributed by atoms with Crippen molar-refractivity contribution in [2.45, 2.75) is 195 Å². The lowest BCUT2D eigenvalue weighted by molar-refractivity contribution is 0.425. The third kappa shape index (κ3) is 26.3. The van der Waals surface area contributed by atoms with Crippen molar-refractivity contribution >= 4 is 0 Å². The van der Waals surface area contributed by atoms with Gasteiger partial charge in [-0.25, -0.2) is 0 Å². The molecule has 0 aliphatic rings. The summed E-state index contributed by atoms with van der Waals surface area (Å²) in [6.45, 7) is 9.57. The molecule has 0 radical (unpaired) electrons. The van der Waals surface area contributed by atoms with E-state index in [0.717, 1.165) is 11.8 Å². The molecule has 0 aromatic rings. The van der Waals surface area contributed by atoms with Crippen LogP contribution in [0.25, 0.3) is 0 Å². The largest absolute Gasteiger partial charge is 0.0654 e. The lowest BCUT2D eigenvalue weighted by Crippen LogP contribution is -1.95. The minimum atomic E-state index is 0.964. The van der Waals surface area contributed by atoms with Crippen LogP contribution in [0, 0.1) is 11.8 Å². The number of unbranched alkanes of at least 4 members (excludes halogenated alkanes) is 19. The van der Waals surface area contributed by atoms with Crippen molar-refractivity contribution in [3.05, 3.63) is 0 Å². The molecule has 0 N–H and O–H groups in total. The van der Waals surface area contributed by atoms with E-state index in [1.807, 2.05) is 0 Å². The Balaban J connectivity index is 3.19. The van der Waals surface area contributed by atoms with Crippen LogP contribution in [0.15, 0.2) is 0 Å². The van der Waals surface area contributed by atoms with Gasteiger partial charge in [0.15, 0.2) is 0 Å². The standard InChI is InChI=1S/C32H66/c1-5-7-9-10-11-12-13-14-15-16-18-21-25-29-32(4)30-26-23-20-17-19-22-24-28-31(3)27-8-6-2/h31-32H,5-30H2,1-4H3. The molecule has 0 bridgehead atoms. The zero-order valence-corrected chi connectivity index (χ0v) is 23.5. The number of rotatable bonds is 27. The normalized spacial score (nSPS) is 13.5. The van der Waals surface area contributed by atoms with Gasteiger partial charge in [0, 0.05) is 0 Å². The van der Waals surface area contributed by atoms with E-state index < -0.39 is 0 Å². The lowest BCUT2D eigenvalue weighted by Gasteiger charge is -2.11. The highest BCUT2D eigenvalue weighted by molar-refractivity contribution is 4.57. The molecule has 0 saturated carbocycles. The van der Waals surface area contributed by atoms with Crippen LogP contribution in [0.1, 0.15) is 195 Å². The molecular formula is C32H66. The Kier molecular flexibility index (Phi) is 27.2. The molecule has 0 nitrogen and oxygen atoms in total. The van der Waals surface area contributed by atoms with E-state index in [1.165, 1.54) is 167 Å². The molecule has 0 aromatic carbocycles. The van der Waals surface area contributed by atoms with Gasteiger partial charge in [0.05, 0.1) is 0 Å². The van der Waals surface area contributed by atoms with Crippen LogP contribution in [-0.4, -0.2) is 0 Å². The molecule has 194 valence electrons. The summed E-state index contributed by atoms with van der Waals surface area (Å²) in [5, 5.41) is 0. The molecule has 0 amide bonds. The fourth-order valence-electron chi connectivity index (χ4n) is 5.22. The zero-order valence-electron chi connectivity index (χ0n) is 23.5. The minimum absolute atomic E-state index is 0.964. The van der Waals surface area contributed by atoms with Gasteiger partial charge < -0.3 is 0 Å². The van der Waals surface area contributed by atoms with Gasteiger partial charge in [-0.2, -0.15) is 0 Å². The quantitative estimate of drug-likeness (QED) is 0.109. The van der Waals surface area contributed by atoms with Crippen molar-refractivity contribution in [2.24, 2.45) is 11.8 Å². The smallest absolute Gasteiger partial charge is 0.0443 e. The van der Waals surface area contributed by atoms with Crippen molar-refractivity contribution in [2.75, 3.05) is 0 Å². The maximum Gasteiger partial charge on any atom is -0.0443 e. The summed E-state index contributed by atoms with van der Waals surface area (Å²) in [6, 6.07) is 0. The number of hydrogen-bond donors (Lipinski definition) is 0. The van der Waals surface area contributed by atoms with Crippen LogP contribution in [0.2, 0.25) is 0 Å². The third-order valence-corrected chi connectivity index (χ3v) is 7.74. The molecule has 2 atom stereocenters. The summed E-state index contributed by atoms with van der Waals surface area (Å²) in [6.07, 6.45) is 38.2. The van der Waals surface area contributed by atoms with Crippen molar-refractivity contribution in [3.8, 4) is 0 Å². The molecular weight excluding hydrogens is 384 g/mol. The number of hydrogen-bond acceptors (Lipinski definition) is 0. The van der Waals surface area contributed by atoms with Crippen LogP contribution in [0.5, 0.6) is 0 Å². The van der Waals surface area contributed by atoms with E-state index in [2.05, 4.69) is 27.7 Å². The Morgan fingerprint density at radius 3 is 0.781 bits per heavy atom. The molecule has 0 fully saturated rings. The SMILES string of the molecule is CCCCCCCCCCCCCCCC(C)CCCCCCCCCC(C)CCCC. The first-order valence-corrected chi connectivity index (χ1v) is 15.7. The van der Waals surface area contributed by atoms with Crippen LogP contribution >= 0.6 is 0 Å². The first kappa shape index (κ1) is 32.0. The Hall–Kier alpha value is 0. The average molecular weight is 451 g/mol. The molecule has 32 heavy (non-hydrogen) atoms. The highest BCUT2D eigenvalue weighted by Crippen LogP contribution is 2.20. The molecule has 0 heterocycles. The monoisotopic (exact) mass is 451 g/mol. The zero-order chi connectivity index (χ0) is 23.5. The molecule has 0 aromatic heterocycles. The predicted octanol–water partition coefficient (Wildman–Crippen LogP) is 12.4. The van der Waals surface area contributed by atoms with Crippen molar-refractivity contribution < 1.29 is 0 Å². The van der Waals surface area contributed by atoms with Crippen LogP contribution in [-0.2, 0) is 0 Å². The molecule has 0 aliphatic heterocycles. The fourth-order valence-corrected chi connectivity index (χ4v) is 5.22. The van der Waals surface area contributed by atoms with Crippen molar-refractivity contribution in [3.63, 3.8) is 0 Å². The first-order chi connectivity index (χ1) is 15.7. The third-order valence-electron chi connectivity index (χ3n) is 7.74. The van der Waals surface area contributed by atoms with E-state index in [0.29, 0.717) is 0 Å². The molecule has 2 unspecified atom stereocenters. The van der Waals surface area contributed by atoms with E-state index in [4.69, 9.17) is 0 Å². The maximum absolute atomic E-state index is 2.50. The van der Waals surface area contributed by atoms with Gasteiger partial charge in [-0.3, -0.25) is 0 Å². The Morgan fingerprint density at radius 1 is 0.281 bits per heavy atom. The van der Waals surface area contributed by atoms with Crippen molar-refractivity contribution in [1.29, 1.82) is 0 Å². The van der Waals surface area contributed by atoms with Gasteiger partial charge in [-0.05, 0) is 11.8 Å². The van der Waals surface area contributed by atoms with E-state index >= 15 is 0 Å². The minimum Gasteiger partial charge on any atom is -0.0654 e. The molecule has 0 spiro atoms.